The SMILES string of the molecule is CCNC(C#N)(CCn1cnc(C#N)n1)c1ccccc1. The summed E-state index contributed by atoms with van der Waals surface area (Å²) in [5, 5.41) is 25.7. The molecule has 106 valence electrons. The number of nitriles is 2. The van der Waals surface area contributed by atoms with Gasteiger partial charge in [0.2, 0.25) is 0 Å². The minimum atomic E-state index is -0.769. The summed E-state index contributed by atoms with van der Waals surface area (Å²) in [6.07, 6.45) is 2.05. The Bertz CT molecular complexity index is 663. The molecular formula is C15H16N6. The number of hydrogen-bond donors (Lipinski definition) is 1. The van der Waals surface area contributed by atoms with Crippen molar-refractivity contribution >= 4 is 0 Å². The van der Waals surface area contributed by atoms with E-state index in [4.69, 9.17) is 5.26 Å². The fraction of sp³-hybridized carbons (Fsp3) is 0.333. The minimum Gasteiger partial charge on any atom is -0.296 e. The Labute approximate surface area is 123 Å². The van der Waals surface area contributed by atoms with Gasteiger partial charge in [-0.2, -0.15) is 10.5 Å². The van der Waals surface area contributed by atoms with Gasteiger partial charge in [-0.05, 0) is 12.1 Å². The van der Waals surface area contributed by atoms with Crippen LogP contribution in [0.4, 0.5) is 0 Å². The predicted octanol–water partition coefficient (Wildman–Crippen LogP) is 1.57. The Morgan fingerprint density at radius 3 is 2.62 bits per heavy atom. The van der Waals surface area contributed by atoms with E-state index in [1.807, 2.05) is 43.3 Å². The van der Waals surface area contributed by atoms with Crippen LogP contribution in [0.1, 0.15) is 24.7 Å². The summed E-state index contributed by atoms with van der Waals surface area (Å²) in [4.78, 5) is 3.87. The summed E-state index contributed by atoms with van der Waals surface area (Å²) < 4.78 is 1.59. The molecule has 0 saturated carbocycles. The van der Waals surface area contributed by atoms with Crippen molar-refractivity contribution in [2.45, 2.75) is 25.4 Å². The lowest BCUT2D eigenvalue weighted by Crippen LogP contribution is -2.42. The average molecular weight is 280 g/mol. The maximum atomic E-state index is 9.68. The number of aryl methyl sites for hydroxylation is 1. The predicted molar refractivity (Wildman–Crippen MR) is 76.8 cm³/mol. The van der Waals surface area contributed by atoms with Gasteiger partial charge in [0, 0.05) is 13.0 Å². The van der Waals surface area contributed by atoms with E-state index in [-0.39, 0.29) is 5.82 Å². The molecule has 1 heterocycles. The van der Waals surface area contributed by atoms with Crippen LogP contribution in [0, 0.1) is 22.7 Å². The van der Waals surface area contributed by atoms with E-state index in [0.717, 1.165) is 5.56 Å². The molecule has 0 aliphatic carbocycles. The normalized spacial score (nSPS) is 13.1. The summed E-state index contributed by atoms with van der Waals surface area (Å²) in [7, 11) is 0. The fourth-order valence-electron chi connectivity index (χ4n) is 2.26. The van der Waals surface area contributed by atoms with E-state index in [9.17, 15) is 5.26 Å². The van der Waals surface area contributed by atoms with E-state index in [1.54, 1.807) is 4.68 Å². The molecule has 6 nitrogen and oxygen atoms in total. The highest BCUT2D eigenvalue weighted by Crippen LogP contribution is 2.25. The smallest absolute Gasteiger partial charge is 0.252 e. The molecule has 1 aromatic carbocycles. The third kappa shape index (κ3) is 3.25. The monoisotopic (exact) mass is 280 g/mol. The Kier molecular flexibility index (Phi) is 4.65. The number of nitrogens with zero attached hydrogens (tertiary/aromatic N) is 5. The van der Waals surface area contributed by atoms with Crippen LogP contribution in [0.15, 0.2) is 36.7 Å². The second-order valence-corrected chi connectivity index (χ2v) is 4.61. The van der Waals surface area contributed by atoms with Gasteiger partial charge in [0.15, 0.2) is 0 Å². The van der Waals surface area contributed by atoms with Gasteiger partial charge in [-0.15, -0.1) is 5.10 Å². The maximum absolute atomic E-state index is 9.68. The number of aromatic nitrogens is 3. The Morgan fingerprint density at radius 2 is 2.05 bits per heavy atom. The molecule has 0 bridgehead atoms. The van der Waals surface area contributed by atoms with Gasteiger partial charge in [0.05, 0.1) is 6.07 Å². The van der Waals surface area contributed by atoms with E-state index >= 15 is 0 Å². The van der Waals surface area contributed by atoms with Crippen molar-refractivity contribution in [2.24, 2.45) is 0 Å². The zero-order valence-corrected chi connectivity index (χ0v) is 11.8. The van der Waals surface area contributed by atoms with Crippen molar-refractivity contribution in [3.8, 4) is 12.1 Å². The highest BCUT2D eigenvalue weighted by molar-refractivity contribution is 5.31. The fourth-order valence-corrected chi connectivity index (χ4v) is 2.26. The number of hydrogen-bond acceptors (Lipinski definition) is 5. The first-order valence-corrected chi connectivity index (χ1v) is 6.75. The molecule has 0 fully saturated rings. The molecule has 21 heavy (non-hydrogen) atoms. The van der Waals surface area contributed by atoms with Crippen LogP contribution in [0.2, 0.25) is 0 Å². The molecule has 0 saturated heterocycles. The molecule has 2 aromatic rings. The summed E-state index contributed by atoms with van der Waals surface area (Å²) in [6.45, 7) is 3.16. The van der Waals surface area contributed by atoms with Crippen LogP contribution >= 0.6 is 0 Å². The summed E-state index contributed by atoms with van der Waals surface area (Å²) in [6, 6.07) is 13.9. The van der Waals surface area contributed by atoms with Crippen LogP contribution in [-0.2, 0) is 12.1 Å². The lowest BCUT2D eigenvalue weighted by molar-refractivity contribution is 0.371. The van der Waals surface area contributed by atoms with Crippen molar-refractivity contribution in [1.82, 2.24) is 20.1 Å². The van der Waals surface area contributed by atoms with E-state index < -0.39 is 5.54 Å². The van der Waals surface area contributed by atoms with Gasteiger partial charge in [-0.3, -0.25) is 10.00 Å². The second-order valence-electron chi connectivity index (χ2n) is 4.61. The van der Waals surface area contributed by atoms with Crippen molar-refractivity contribution < 1.29 is 0 Å². The third-order valence-electron chi connectivity index (χ3n) is 3.29. The second kappa shape index (κ2) is 6.65. The van der Waals surface area contributed by atoms with E-state index in [1.165, 1.54) is 6.33 Å². The van der Waals surface area contributed by atoms with E-state index in [2.05, 4.69) is 21.5 Å². The summed E-state index contributed by atoms with van der Waals surface area (Å²) in [5.74, 6) is 0.140. The van der Waals surface area contributed by atoms with Crippen LogP contribution in [0.5, 0.6) is 0 Å². The number of rotatable bonds is 6. The Balaban J connectivity index is 2.21. The van der Waals surface area contributed by atoms with Crippen molar-refractivity contribution in [3.05, 3.63) is 48.0 Å². The van der Waals surface area contributed by atoms with Gasteiger partial charge in [0.25, 0.3) is 5.82 Å². The molecule has 0 radical (unpaired) electrons. The van der Waals surface area contributed by atoms with Crippen molar-refractivity contribution in [1.29, 1.82) is 10.5 Å². The van der Waals surface area contributed by atoms with Gasteiger partial charge in [-0.25, -0.2) is 4.98 Å². The molecule has 0 amide bonds. The van der Waals surface area contributed by atoms with Crippen molar-refractivity contribution in [2.75, 3.05) is 6.54 Å². The quantitative estimate of drug-likeness (QED) is 0.867. The third-order valence-corrected chi connectivity index (χ3v) is 3.29. The lowest BCUT2D eigenvalue weighted by Gasteiger charge is -2.28. The molecule has 0 aliphatic heterocycles. The minimum absolute atomic E-state index is 0.140. The van der Waals surface area contributed by atoms with Gasteiger partial charge >= 0.3 is 0 Å². The van der Waals surface area contributed by atoms with Crippen LogP contribution < -0.4 is 5.32 Å². The zero-order valence-electron chi connectivity index (χ0n) is 11.8. The molecule has 1 atom stereocenters. The van der Waals surface area contributed by atoms with Crippen LogP contribution in [0.3, 0.4) is 0 Å². The first-order valence-electron chi connectivity index (χ1n) is 6.75. The average Bonchev–Trinajstić information content (AvgIpc) is 3.00. The number of benzene rings is 1. The van der Waals surface area contributed by atoms with Gasteiger partial charge in [-0.1, -0.05) is 37.3 Å². The molecular weight excluding hydrogens is 264 g/mol. The van der Waals surface area contributed by atoms with E-state index in [0.29, 0.717) is 19.5 Å². The molecule has 2 rings (SSSR count). The first kappa shape index (κ1) is 14.7. The molecule has 1 aromatic heterocycles. The molecule has 1 unspecified atom stereocenters. The highest BCUT2D eigenvalue weighted by atomic mass is 15.3. The molecule has 0 aliphatic rings. The molecule has 1 N–H and O–H groups in total. The summed E-state index contributed by atoms with van der Waals surface area (Å²) in [5.41, 5.74) is 0.157. The first-order chi connectivity index (χ1) is 10.2. The largest absolute Gasteiger partial charge is 0.296 e. The van der Waals surface area contributed by atoms with Crippen LogP contribution in [-0.4, -0.2) is 21.3 Å². The van der Waals surface area contributed by atoms with Gasteiger partial charge < -0.3 is 0 Å². The molecule has 6 heteroatoms. The highest BCUT2D eigenvalue weighted by Gasteiger charge is 2.31. The Morgan fingerprint density at radius 1 is 1.29 bits per heavy atom. The van der Waals surface area contributed by atoms with Crippen molar-refractivity contribution in [3.63, 3.8) is 0 Å². The Hall–Kier alpha value is -2.70. The maximum Gasteiger partial charge on any atom is 0.252 e. The zero-order chi connectivity index (χ0) is 15.1. The van der Waals surface area contributed by atoms with Gasteiger partial charge in [0.1, 0.15) is 17.9 Å². The number of nitrogens with one attached hydrogen (secondary N) is 1. The van der Waals surface area contributed by atoms with Crippen LogP contribution in [0.25, 0.3) is 0 Å². The topological polar surface area (TPSA) is 90.3 Å². The summed E-state index contributed by atoms with van der Waals surface area (Å²) >= 11 is 0. The lowest BCUT2D eigenvalue weighted by atomic mass is 9.88. The molecule has 0 spiro atoms. The standard InChI is InChI=1S/C15H16N6/c1-2-19-15(11-17,13-6-4-3-5-7-13)8-9-21-12-18-14(10-16)20-21/h3-7,12,19H,2,8-9H2,1H3.